The molecule has 2 fully saturated rings. The van der Waals surface area contributed by atoms with Gasteiger partial charge in [-0.1, -0.05) is 0 Å². The first-order valence-electron chi connectivity index (χ1n) is 3.41. The molecule has 0 spiro atoms. The van der Waals surface area contributed by atoms with Gasteiger partial charge in [-0.15, -0.1) is 0 Å². The molecule has 0 amide bonds. The molecular formula is C6H6BF3O. The summed E-state index contributed by atoms with van der Waals surface area (Å²) >= 11 is 0. The van der Waals surface area contributed by atoms with E-state index in [0.717, 1.165) is 0 Å². The van der Waals surface area contributed by atoms with Gasteiger partial charge in [-0.3, -0.25) is 0 Å². The number of hydrogen-bond acceptors (Lipinski definition) is 1. The van der Waals surface area contributed by atoms with E-state index in [2.05, 4.69) is 4.74 Å². The summed E-state index contributed by atoms with van der Waals surface area (Å²) in [6.07, 6.45) is -3.79. The van der Waals surface area contributed by atoms with E-state index in [9.17, 15) is 13.2 Å². The molecule has 5 heteroatoms. The molecule has 2 radical (unpaired) electrons. The Bertz CT molecular complexity index is 210. The Morgan fingerprint density at radius 3 is 2.36 bits per heavy atom. The van der Waals surface area contributed by atoms with E-state index in [-0.39, 0.29) is 19.4 Å². The first-order chi connectivity index (χ1) is 4.91. The maximum absolute atomic E-state index is 13.1. The highest BCUT2D eigenvalue weighted by molar-refractivity contribution is 6.19. The average molecular weight is 162 g/mol. The zero-order chi connectivity index (χ0) is 8.33. The number of halogens is 3. The molecule has 60 valence electrons. The van der Waals surface area contributed by atoms with E-state index in [0.29, 0.717) is 0 Å². The molecule has 1 aliphatic carbocycles. The number of fused-ring (bicyclic) bond motifs is 1. The number of rotatable bonds is 0. The van der Waals surface area contributed by atoms with Gasteiger partial charge in [0.2, 0.25) is 0 Å². The topological polar surface area (TPSA) is 9.23 Å². The summed E-state index contributed by atoms with van der Waals surface area (Å²) < 4.78 is 42.3. The first-order valence-corrected chi connectivity index (χ1v) is 3.41. The van der Waals surface area contributed by atoms with Gasteiger partial charge in [0.1, 0.15) is 0 Å². The Balaban J connectivity index is 2.29. The summed E-state index contributed by atoms with van der Waals surface area (Å²) in [4.78, 5) is 0. The van der Waals surface area contributed by atoms with Crippen molar-refractivity contribution in [1.82, 2.24) is 0 Å². The summed E-state index contributed by atoms with van der Waals surface area (Å²) in [6, 6.07) is 0. The van der Waals surface area contributed by atoms with Crippen LogP contribution in [0.5, 0.6) is 0 Å². The molecule has 2 aliphatic rings. The van der Waals surface area contributed by atoms with Crippen molar-refractivity contribution in [2.75, 3.05) is 6.61 Å². The second-order valence-corrected chi connectivity index (χ2v) is 3.25. The molecule has 0 bridgehead atoms. The lowest BCUT2D eigenvalue weighted by molar-refractivity contribution is -0.298. The van der Waals surface area contributed by atoms with Crippen LogP contribution in [0.2, 0.25) is 5.31 Å². The Kier molecular flexibility index (Phi) is 1.09. The van der Waals surface area contributed by atoms with Gasteiger partial charge >= 0.3 is 6.11 Å². The molecule has 1 saturated heterocycles. The van der Waals surface area contributed by atoms with Gasteiger partial charge in [-0.2, -0.15) is 8.78 Å². The Hall–Kier alpha value is -0.185. The highest BCUT2D eigenvalue weighted by atomic mass is 19.3. The lowest BCUT2D eigenvalue weighted by Crippen LogP contribution is -2.42. The van der Waals surface area contributed by atoms with Gasteiger partial charge in [0, 0.05) is 0 Å². The van der Waals surface area contributed by atoms with Crippen LogP contribution in [0, 0.1) is 0 Å². The minimum atomic E-state index is -3.68. The highest BCUT2D eigenvalue weighted by Crippen LogP contribution is 2.73. The minimum absolute atomic E-state index is 0.158. The lowest BCUT2D eigenvalue weighted by Gasteiger charge is -2.29. The Morgan fingerprint density at radius 2 is 1.91 bits per heavy atom. The highest BCUT2D eigenvalue weighted by Gasteiger charge is 2.80. The molecule has 1 nitrogen and oxygen atoms in total. The zero-order valence-electron chi connectivity index (χ0n) is 5.74. The number of hydrogen-bond donors (Lipinski definition) is 0. The van der Waals surface area contributed by atoms with Crippen molar-refractivity contribution < 1.29 is 17.9 Å². The van der Waals surface area contributed by atoms with E-state index in [1.165, 1.54) is 0 Å². The molecular weight excluding hydrogens is 156 g/mol. The molecule has 2 atom stereocenters. The number of alkyl halides is 3. The largest absolute Gasteiger partial charge is 0.389 e. The van der Waals surface area contributed by atoms with Crippen LogP contribution in [0.3, 0.4) is 0 Å². The zero-order valence-corrected chi connectivity index (χ0v) is 5.74. The minimum Gasteiger partial charge on any atom is -0.318 e. The molecule has 0 aromatic heterocycles. The average Bonchev–Trinajstić information content (AvgIpc) is 2.36. The SMILES string of the molecule is [B]C12CCOC(F)(F)C1(F)C2. The van der Waals surface area contributed by atoms with Crippen LogP contribution in [-0.4, -0.2) is 26.2 Å². The fourth-order valence-corrected chi connectivity index (χ4v) is 1.55. The van der Waals surface area contributed by atoms with Crippen LogP contribution in [0.15, 0.2) is 0 Å². The molecule has 1 saturated carbocycles. The second-order valence-electron chi connectivity index (χ2n) is 3.25. The van der Waals surface area contributed by atoms with Crippen LogP contribution in [-0.2, 0) is 4.74 Å². The van der Waals surface area contributed by atoms with Crippen molar-refractivity contribution in [3.05, 3.63) is 0 Å². The van der Waals surface area contributed by atoms with Gasteiger partial charge in [0.05, 0.1) is 14.5 Å². The molecule has 1 heterocycles. The third kappa shape index (κ3) is 0.674. The third-order valence-corrected chi connectivity index (χ3v) is 2.52. The fraction of sp³-hybridized carbons (Fsp3) is 1.00. The van der Waals surface area contributed by atoms with Crippen molar-refractivity contribution in [1.29, 1.82) is 0 Å². The molecule has 0 N–H and O–H groups in total. The molecule has 2 unspecified atom stereocenters. The van der Waals surface area contributed by atoms with Crippen molar-refractivity contribution in [2.45, 2.75) is 29.9 Å². The van der Waals surface area contributed by atoms with Gasteiger partial charge in [0.15, 0.2) is 5.67 Å². The molecule has 11 heavy (non-hydrogen) atoms. The first kappa shape index (κ1) is 7.46. The van der Waals surface area contributed by atoms with Crippen LogP contribution in [0.1, 0.15) is 12.8 Å². The molecule has 0 aromatic carbocycles. The fourth-order valence-electron chi connectivity index (χ4n) is 1.55. The van der Waals surface area contributed by atoms with E-state index >= 15 is 0 Å². The second kappa shape index (κ2) is 1.60. The van der Waals surface area contributed by atoms with Crippen LogP contribution in [0.25, 0.3) is 0 Å². The van der Waals surface area contributed by atoms with Crippen molar-refractivity contribution >= 4 is 7.85 Å². The van der Waals surface area contributed by atoms with E-state index in [1.807, 2.05) is 0 Å². The van der Waals surface area contributed by atoms with Gasteiger partial charge in [-0.25, -0.2) is 4.39 Å². The summed E-state index contributed by atoms with van der Waals surface area (Å²) in [5.74, 6) is 0. The Labute approximate surface area is 63.3 Å². The van der Waals surface area contributed by atoms with Crippen molar-refractivity contribution in [3.63, 3.8) is 0 Å². The van der Waals surface area contributed by atoms with Crippen molar-refractivity contribution in [3.8, 4) is 0 Å². The predicted octanol–water partition coefficient (Wildman–Crippen LogP) is 1.44. The van der Waals surface area contributed by atoms with Crippen LogP contribution < -0.4 is 0 Å². The number of ether oxygens (including phenoxy) is 1. The van der Waals surface area contributed by atoms with Gasteiger partial charge in [-0.05, 0) is 18.2 Å². The molecule has 1 aliphatic heterocycles. The summed E-state index contributed by atoms with van der Waals surface area (Å²) in [7, 11) is 5.33. The van der Waals surface area contributed by atoms with Gasteiger partial charge in [0.25, 0.3) is 0 Å². The Morgan fingerprint density at radius 1 is 1.27 bits per heavy atom. The summed E-state index contributed by atoms with van der Waals surface area (Å²) in [5, 5.41) is -1.32. The van der Waals surface area contributed by atoms with Crippen LogP contribution >= 0.6 is 0 Å². The van der Waals surface area contributed by atoms with E-state index in [1.54, 1.807) is 0 Å². The third-order valence-electron chi connectivity index (χ3n) is 2.52. The standard InChI is InChI=1S/C6H6BF3O/c7-4-1-2-11-6(9,10)5(4,8)3-4/h1-3H2. The normalized spacial score (nSPS) is 53.4. The maximum Gasteiger partial charge on any atom is 0.389 e. The summed E-state index contributed by atoms with van der Waals surface area (Å²) in [6.45, 7) is -0.158. The van der Waals surface area contributed by atoms with E-state index in [4.69, 9.17) is 7.85 Å². The molecule has 2 rings (SSSR count). The monoisotopic (exact) mass is 162 g/mol. The van der Waals surface area contributed by atoms with Crippen LogP contribution in [0.4, 0.5) is 13.2 Å². The molecule has 0 aromatic rings. The quantitative estimate of drug-likeness (QED) is 0.489. The smallest absolute Gasteiger partial charge is 0.318 e. The summed E-state index contributed by atoms with van der Waals surface area (Å²) in [5.41, 5.74) is -2.60. The van der Waals surface area contributed by atoms with E-state index < -0.39 is 17.1 Å². The lowest BCUT2D eigenvalue weighted by atomic mass is 9.76. The maximum atomic E-state index is 13.1. The van der Waals surface area contributed by atoms with Gasteiger partial charge < -0.3 is 4.74 Å². The van der Waals surface area contributed by atoms with Crippen molar-refractivity contribution in [2.24, 2.45) is 0 Å². The predicted molar refractivity (Wildman–Crippen MR) is 32.4 cm³/mol.